The Morgan fingerprint density at radius 1 is 1.32 bits per heavy atom. The fourth-order valence-electron chi connectivity index (χ4n) is 1.93. The number of aromatic nitrogens is 3. The van der Waals surface area contributed by atoms with E-state index in [-0.39, 0.29) is 0 Å². The number of nitrogens with one attached hydrogen (secondary N) is 1. The van der Waals surface area contributed by atoms with Crippen LogP contribution in [0.2, 0.25) is 0 Å². The summed E-state index contributed by atoms with van der Waals surface area (Å²) in [5, 5.41) is 8.92. The Kier molecular flexibility index (Phi) is 2.75. The van der Waals surface area contributed by atoms with Crippen LogP contribution < -0.4 is 11.1 Å². The predicted octanol–water partition coefficient (Wildman–Crippen LogP) is 2.12. The molecule has 0 bridgehead atoms. The molecular weight excluding hydrogens is 242 g/mol. The molecule has 0 radical (unpaired) electrons. The second-order valence-electron chi connectivity index (χ2n) is 4.21. The summed E-state index contributed by atoms with van der Waals surface area (Å²) < 4.78 is 5.04. The van der Waals surface area contributed by atoms with Gasteiger partial charge < -0.3 is 15.6 Å². The van der Waals surface area contributed by atoms with Gasteiger partial charge >= 0.3 is 0 Å². The third kappa shape index (κ3) is 2.20. The molecule has 0 aliphatic rings. The van der Waals surface area contributed by atoms with Gasteiger partial charge in [-0.2, -0.15) is 4.98 Å². The van der Waals surface area contributed by atoms with Gasteiger partial charge in [0, 0.05) is 23.2 Å². The highest BCUT2D eigenvalue weighted by Crippen LogP contribution is 2.28. The zero-order chi connectivity index (χ0) is 13.2. The number of rotatable bonds is 3. The number of pyridine rings is 1. The number of fused-ring (bicyclic) bond motifs is 1. The Hall–Kier alpha value is -2.63. The molecule has 6 nitrogen and oxygen atoms in total. The van der Waals surface area contributed by atoms with Crippen LogP contribution in [0.4, 0.5) is 11.4 Å². The molecule has 3 aromatic rings. The predicted molar refractivity (Wildman–Crippen MR) is 72.5 cm³/mol. The summed E-state index contributed by atoms with van der Waals surface area (Å²) in [6.07, 6.45) is 3.51. The average molecular weight is 255 g/mol. The second kappa shape index (κ2) is 4.56. The summed E-state index contributed by atoms with van der Waals surface area (Å²) in [7, 11) is 0. The minimum absolute atomic E-state index is 0.446. The third-order valence-corrected chi connectivity index (χ3v) is 2.86. The molecule has 19 heavy (non-hydrogen) atoms. The highest BCUT2D eigenvalue weighted by atomic mass is 16.5. The number of nitrogen functional groups attached to an aromatic ring is 1. The van der Waals surface area contributed by atoms with E-state index in [0.29, 0.717) is 23.9 Å². The number of benzene rings is 1. The Labute approximate surface area is 109 Å². The number of nitrogens with zero attached hydrogens (tertiary/aromatic N) is 3. The molecule has 6 heteroatoms. The van der Waals surface area contributed by atoms with E-state index in [2.05, 4.69) is 20.4 Å². The van der Waals surface area contributed by atoms with Gasteiger partial charge in [0.2, 0.25) is 5.89 Å². The van der Waals surface area contributed by atoms with Crippen molar-refractivity contribution in [1.29, 1.82) is 0 Å². The van der Waals surface area contributed by atoms with Gasteiger partial charge in [0.05, 0.1) is 17.9 Å². The smallest absolute Gasteiger partial charge is 0.245 e. The van der Waals surface area contributed by atoms with Gasteiger partial charge in [0.25, 0.3) is 0 Å². The summed E-state index contributed by atoms with van der Waals surface area (Å²) in [4.78, 5) is 8.20. The molecule has 0 spiro atoms. The standard InChI is InChI=1S/C13H13N5O/c1-8-17-12(19-18-8)7-16-11-3-2-9-6-15-5-4-10(9)13(11)14/h2-6,16H,7,14H2,1H3. The summed E-state index contributed by atoms with van der Waals surface area (Å²) in [5.74, 6) is 1.15. The first-order valence-corrected chi connectivity index (χ1v) is 5.89. The Morgan fingerprint density at radius 2 is 2.21 bits per heavy atom. The lowest BCUT2D eigenvalue weighted by molar-refractivity contribution is 0.379. The van der Waals surface area contributed by atoms with Crippen molar-refractivity contribution in [1.82, 2.24) is 15.1 Å². The molecule has 0 saturated carbocycles. The van der Waals surface area contributed by atoms with Crippen LogP contribution >= 0.6 is 0 Å². The number of nitrogens with two attached hydrogens (primary N) is 1. The molecule has 1 aromatic carbocycles. The van der Waals surface area contributed by atoms with Crippen LogP contribution in [0.1, 0.15) is 11.7 Å². The van der Waals surface area contributed by atoms with E-state index in [9.17, 15) is 0 Å². The minimum Gasteiger partial charge on any atom is -0.397 e. The number of anilines is 2. The van der Waals surface area contributed by atoms with Crippen molar-refractivity contribution in [2.45, 2.75) is 13.5 Å². The van der Waals surface area contributed by atoms with Gasteiger partial charge in [-0.15, -0.1) is 0 Å². The Morgan fingerprint density at radius 3 is 3.00 bits per heavy atom. The first-order chi connectivity index (χ1) is 9.24. The molecule has 0 aliphatic carbocycles. The summed E-state index contributed by atoms with van der Waals surface area (Å²) >= 11 is 0. The first-order valence-electron chi connectivity index (χ1n) is 5.89. The molecule has 0 atom stereocenters. The quantitative estimate of drug-likeness (QED) is 0.697. The van der Waals surface area contributed by atoms with Crippen molar-refractivity contribution in [3.8, 4) is 0 Å². The van der Waals surface area contributed by atoms with Crippen LogP contribution in [0.5, 0.6) is 0 Å². The molecular formula is C13H13N5O. The zero-order valence-corrected chi connectivity index (χ0v) is 10.4. The summed E-state index contributed by atoms with van der Waals surface area (Å²) in [6, 6.07) is 5.79. The lowest BCUT2D eigenvalue weighted by Gasteiger charge is -2.09. The van der Waals surface area contributed by atoms with Crippen molar-refractivity contribution in [2.24, 2.45) is 0 Å². The highest BCUT2D eigenvalue weighted by Gasteiger charge is 2.06. The SMILES string of the molecule is Cc1noc(CNc2ccc3cnccc3c2N)n1. The van der Waals surface area contributed by atoms with Crippen LogP contribution in [-0.4, -0.2) is 15.1 Å². The van der Waals surface area contributed by atoms with E-state index in [0.717, 1.165) is 16.5 Å². The lowest BCUT2D eigenvalue weighted by Crippen LogP contribution is -2.03. The van der Waals surface area contributed by atoms with Crippen LogP contribution in [0.15, 0.2) is 35.1 Å². The first kappa shape index (κ1) is 11.5. The fraction of sp³-hybridized carbons (Fsp3) is 0.154. The van der Waals surface area contributed by atoms with Crippen molar-refractivity contribution in [3.63, 3.8) is 0 Å². The lowest BCUT2D eigenvalue weighted by atomic mass is 10.1. The molecule has 96 valence electrons. The van der Waals surface area contributed by atoms with Crippen molar-refractivity contribution < 1.29 is 4.52 Å². The van der Waals surface area contributed by atoms with E-state index in [1.165, 1.54) is 0 Å². The molecule has 0 amide bonds. The van der Waals surface area contributed by atoms with Gasteiger partial charge in [0.15, 0.2) is 5.82 Å². The Balaban J connectivity index is 1.87. The molecule has 3 rings (SSSR count). The van der Waals surface area contributed by atoms with Gasteiger partial charge in [-0.1, -0.05) is 11.2 Å². The molecule has 0 saturated heterocycles. The zero-order valence-electron chi connectivity index (χ0n) is 10.4. The largest absolute Gasteiger partial charge is 0.397 e. The number of hydrogen-bond acceptors (Lipinski definition) is 6. The molecule has 0 unspecified atom stereocenters. The normalized spacial score (nSPS) is 10.8. The van der Waals surface area contributed by atoms with E-state index >= 15 is 0 Å². The molecule has 2 heterocycles. The Bertz CT molecular complexity index is 722. The maximum Gasteiger partial charge on any atom is 0.245 e. The monoisotopic (exact) mass is 255 g/mol. The summed E-state index contributed by atoms with van der Waals surface area (Å²) in [5.41, 5.74) is 7.66. The molecule has 0 aliphatic heterocycles. The third-order valence-electron chi connectivity index (χ3n) is 2.86. The minimum atomic E-state index is 0.446. The van der Waals surface area contributed by atoms with Crippen molar-refractivity contribution in [2.75, 3.05) is 11.1 Å². The second-order valence-corrected chi connectivity index (χ2v) is 4.21. The van der Waals surface area contributed by atoms with E-state index in [4.69, 9.17) is 10.3 Å². The van der Waals surface area contributed by atoms with Crippen LogP contribution in [-0.2, 0) is 6.54 Å². The average Bonchev–Trinajstić information content (AvgIpc) is 2.84. The number of aryl methyl sites for hydroxylation is 1. The summed E-state index contributed by atoms with van der Waals surface area (Å²) in [6.45, 7) is 2.23. The van der Waals surface area contributed by atoms with Crippen molar-refractivity contribution >= 4 is 22.1 Å². The van der Waals surface area contributed by atoms with Gasteiger partial charge in [-0.3, -0.25) is 4.98 Å². The number of hydrogen-bond donors (Lipinski definition) is 2. The van der Waals surface area contributed by atoms with Crippen LogP contribution in [0.3, 0.4) is 0 Å². The van der Waals surface area contributed by atoms with Gasteiger partial charge in [-0.05, 0) is 19.1 Å². The van der Waals surface area contributed by atoms with Crippen molar-refractivity contribution in [3.05, 3.63) is 42.3 Å². The maximum atomic E-state index is 6.13. The molecule has 2 aromatic heterocycles. The van der Waals surface area contributed by atoms with Gasteiger partial charge in [-0.25, -0.2) is 0 Å². The fourth-order valence-corrected chi connectivity index (χ4v) is 1.93. The topological polar surface area (TPSA) is 89.9 Å². The van der Waals surface area contributed by atoms with Gasteiger partial charge in [0.1, 0.15) is 0 Å². The van der Waals surface area contributed by atoms with E-state index in [1.807, 2.05) is 18.2 Å². The highest BCUT2D eigenvalue weighted by molar-refractivity contribution is 5.98. The maximum absolute atomic E-state index is 6.13. The van der Waals surface area contributed by atoms with E-state index in [1.54, 1.807) is 19.3 Å². The van der Waals surface area contributed by atoms with Crippen LogP contribution in [0.25, 0.3) is 10.8 Å². The molecule has 0 fully saturated rings. The molecule has 3 N–H and O–H groups in total. The van der Waals surface area contributed by atoms with E-state index < -0.39 is 0 Å². The van der Waals surface area contributed by atoms with Crippen LogP contribution in [0, 0.1) is 6.92 Å².